The summed E-state index contributed by atoms with van der Waals surface area (Å²) in [5.41, 5.74) is 1.49. The van der Waals surface area contributed by atoms with Crippen molar-refractivity contribution in [3.63, 3.8) is 0 Å². The lowest BCUT2D eigenvalue weighted by molar-refractivity contribution is -0.140. The van der Waals surface area contributed by atoms with Gasteiger partial charge in [0.15, 0.2) is 0 Å². The van der Waals surface area contributed by atoms with Crippen LogP contribution in [0.25, 0.3) is 5.57 Å². The number of fused-ring (bicyclic) bond motifs is 1. The van der Waals surface area contributed by atoms with Crippen LogP contribution in [0.4, 0.5) is 0 Å². The van der Waals surface area contributed by atoms with Gasteiger partial charge in [-0.15, -0.1) is 0 Å². The summed E-state index contributed by atoms with van der Waals surface area (Å²) < 4.78 is 9.48. The maximum Gasteiger partial charge on any atom is 0.338 e. The average Bonchev–Trinajstić information content (AvgIpc) is 2.76. The van der Waals surface area contributed by atoms with E-state index in [0.717, 1.165) is 0 Å². The average molecular weight is 332 g/mol. The summed E-state index contributed by atoms with van der Waals surface area (Å²) in [6, 6.07) is 6.94. The molecule has 1 aromatic rings. The smallest absolute Gasteiger partial charge is 0.338 e. The number of hydrogen-bond acceptors (Lipinski definition) is 5. The molecule has 128 valence electrons. The topological polar surface area (TPSA) is 89.9 Å². The van der Waals surface area contributed by atoms with E-state index in [1.807, 2.05) is 0 Å². The first-order valence-electron chi connectivity index (χ1n) is 7.67. The summed E-state index contributed by atoms with van der Waals surface area (Å²) in [5.74, 6) is -2.83. The molecule has 0 bridgehead atoms. The first-order chi connectivity index (χ1) is 11.5. The molecule has 1 aliphatic rings. The summed E-state index contributed by atoms with van der Waals surface area (Å²) in [5, 5.41) is 9.60. The van der Waals surface area contributed by atoms with Gasteiger partial charge in [0, 0.05) is 6.42 Å². The van der Waals surface area contributed by atoms with Gasteiger partial charge in [0.05, 0.1) is 25.7 Å². The van der Waals surface area contributed by atoms with Gasteiger partial charge in [-0.2, -0.15) is 0 Å². The minimum atomic E-state index is -0.954. The highest BCUT2D eigenvalue weighted by atomic mass is 16.5. The Labute approximate surface area is 140 Å². The van der Waals surface area contributed by atoms with Crippen molar-refractivity contribution in [2.24, 2.45) is 5.92 Å². The number of hydrogen-bond donors (Lipinski definition) is 1. The van der Waals surface area contributed by atoms with E-state index in [1.54, 1.807) is 30.3 Å². The molecule has 2 atom stereocenters. The van der Waals surface area contributed by atoms with Crippen LogP contribution in [-0.4, -0.2) is 37.2 Å². The van der Waals surface area contributed by atoms with E-state index in [9.17, 15) is 19.5 Å². The number of esters is 2. The minimum Gasteiger partial charge on any atom is -0.481 e. The second kappa shape index (κ2) is 7.77. The van der Waals surface area contributed by atoms with Crippen LogP contribution in [0.2, 0.25) is 0 Å². The van der Waals surface area contributed by atoms with E-state index < -0.39 is 17.9 Å². The number of carbonyl (C=O) groups excluding carboxylic acids is 2. The lowest BCUT2D eigenvalue weighted by atomic mass is 9.87. The zero-order valence-electron chi connectivity index (χ0n) is 13.7. The summed E-state index contributed by atoms with van der Waals surface area (Å²) in [6.07, 6.45) is 2.60. The maximum atomic E-state index is 12.2. The molecule has 1 aromatic carbocycles. The molecule has 24 heavy (non-hydrogen) atoms. The van der Waals surface area contributed by atoms with E-state index in [2.05, 4.69) is 4.74 Å². The molecule has 0 aromatic heterocycles. The van der Waals surface area contributed by atoms with Crippen LogP contribution in [0.15, 0.2) is 30.3 Å². The lowest BCUT2D eigenvalue weighted by Crippen LogP contribution is -2.16. The predicted octanol–water partition coefficient (Wildman–Crippen LogP) is 2.38. The van der Waals surface area contributed by atoms with Gasteiger partial charge in [0.1, 0.15) is 0 Å². The Morgan fingerprint density at radius 3 is 2.50 bits per heavy atom. The number of methoxy groups -OCH3 is 2. The normalized spacial score (nSPS) is 19.5. The third-order valence-electron chi connectivity index (χ3n) is 4.22. The molecule has 1 aliphatic carbocycles. The standard InChI is InChI=1S/C18H20O6/c1-23-16(19)8-7-11-9-14(17(20)21)12-5-3-4-6-13(12)15(10-11)18(22)24-2/h3-6,10-11,14H,7-9H2,1-2H3,(H,20,21)/t11-,14+/m1/s1. The molecule has 0 aliphatic heterocycles. The fourth-order valence-corrected chi connectivity index (χ4v) is 3.00. The first kappa shape index (κ1) is 17.7. The zero-order chi connectivity index (χ0) is 17.7. The van der Waals surface area contributed by atoms with Gasteiger partial charge in [0.25, 0.3) is 0 Å². The number of benzene rings is 1. The molecule has 0 unspecified atom stereocenters. The van der Waals surface area contributed by atoms with Crippen molar-refractivity contribution in [3.05, 3.63) is 41.5 Å². The largest absolute Gasteiger partial charge is 0.481 e. The van der Waals surface area contributed by atoms with Crippen molar-refractivity contribution < 1.29 is 29.0 Å². The van der Waals surface area contributed by atoms with Crippen LogP contribution in [0.1, 0.15) is 36.3 Å². The summed E-state index contributed by atoms with van der Waals surface area (Å²) in [7, 11) is 2.59. The van der Waals surface area contributed by atoms with E-state index in [1.165, 1.54) is 14.2 Å². The van der Waals surface area contributed by atoms with E-state index in [0.29, 0.717) is 29.5 Å². The zero-order valence-corrected chi connectivity index (χ0v) is 13.7. The quantitative estimate of drug-likeness (QED) is 0.833. The minimum absolute atomic E-state index is 0.162. The van der Waals surface area contributed by atoms with Crippen LogP contribution in [0, 0.1) is 5.92 Å². The predicted molar refractivity (Wildman–Crippen MR) is 86.2 cm³/mol. The van der Waals surface area contributed by atoms with Gasteiger partial charge in [-0.3, -0.25) is 9.59 Å². The number of carboxylic acids is 1. The van der Waals surface area contributed by atoms with Crippen LogP contribution in [0.3, 0.4) is 0 Å². The van der Waals surface area contributed by atoms with Crippen molar-refractivity contribution in [1.82, 2.24) is 0 Å². The molecule has 0 amide bonds. The van der Waals surface area contributed by atoms with Crippen molar-refractivity contribution in [2.75, 3.05) is 14.2 Å². The number of ether oxygens (including phenoxy) is 2. The molecular formula is C18H20O6. The molecule has 6 heteroatoms. The van der Waals surface area contributed by atoms with Gasteiger partial charge in [-0.25, -0.2) is 4.79 Å². The van der Waals surface area contributed by atoms with Crippen LogP contribution >= 0.6 is 0 Å². The Morgan fingerprint density at radius 2 is 1.88 bits per heavy atom. The highest BCUT2D eigenvalue weighted by Crippen LogP contribution is 2.38. The third-order valence-corrected chi connectivity index (χ3v) is 4.22. The summed E-state index contributed by atoms with van der Waals surface area (Å²) in [6.45, 7) is 0. The SMILES string of the molecule is COC(=O)CC[C@H]1C=C(C(=O)OC)c2ccccc2[C@@H](C(=O)O)C1. The number of allylic oxidation sites excluding steroid dienone is 1. The number of carboxylic acid groups (broad SMARTS) is 1. The second-order valence-electron chi connectivity index (χ2n) is 5.66. The van der Waals surface area contributed by atoms with Crippen molar-refractivity contribution in [2.45, 2.75) is 25.2 Å². The molecule has 0 spiro atoms. The molecule has 0 fully saturated rings. The molecule has 1 N–H and O–H groups in total. The maximum absolute atomic E-state index is 12.2. The van der Waals surface area contributed by atoms with E-state index in [4.69, 9.17) is 4.74 Å². The summed E-state index contributed by atoms with van der Waals surface area (Å²) in [4.78, 5) is 35.3. The van der Waals surface area contributed by atoms with Crippen molar-refractivity contribution >= 4 is 23.5 Å². The third kappa shape index (κ3) is 3.82. The Morgan fingerprint density at radius 1 is 1.17 bits per heavy atom. The first-order valence-corrected chi connectivity index (χ1v) is 7.67. The number of aliphatic carboxylic acids is 1. The molecule has 2 rings (SSSR count). The Balaban J connectivity index is 2.44. The molecular weight excluding hydrogens is 312 g/mol. The van der Waals surface area contributed by atoms with Gasteiger partial charge >= 0.3 is 17.9 Å². The number of rotatable bonds is 5. The van der Waals surface area contributed by atoms with Gasteiger partial charge in [-0.1, -0.05) is 30.3 Å². The van der Waals surface area contributed by atoms with E-state index >= 15 is 0 Å². The second-order valence-corrected chi connectivity index (χ2v) is 5.66. The number of carbonyl (C=O) groups is 3. The molecule has 0 saturated carbocycles. The van der Waals surface area contributed by atoms with Gasteiger partial charge in [0.2, 0.25) is 0 Å². The van der Waals surface area contributed by atoms with E-state index in [-0.39, 0.29) is 18.3 Å². The molecule has 0 saturated heterocycles. The fraction of sp³-hybridized carbons (Fsp3) is 0.389. The molecule has 0 radical (unpaired) electrons. The highest BCUT2D eigenvalue weighted by molar-refractivity contribution is 6.17. The summed E-state index contributed by atoms with van der Waals surface area (Å²) >= 11 is 0. The van der Waals surface area contributed by atoms with Crippen LogP contribution < -0.4 is 0 Å². The monoisotopic (exact) mass is 332 g/mol. The van der Waals surface area contributed by atoms with Crippen LogP contribution in [0.5, 0.6) is 0 Å². The van der Waals surface area contributed by atoms with Gasteiger partial charge in [-0.05, 0) is 29.9 Å². The Kier molecular flexibility index (Phi) is 5.73. The van der Waals surface area contributed by atoms with Gasteiger partial charge < -0.3 is 14.6 Å². The van der Waals surface area contributed by atoms with Crippen molar-refractivity contribution in [3.8, 4) is 0 Å². The lowest BCUT2D eigenvalue weighted by Gasteiger charge is -2.17. The van der Waals surface area contributed by atoms with Crippen LogP contribution in [-0.2, 0) is 23.9 Å². The Hall–Kier alpha value is -2.63. The Bertz CT molecular complexity index is 676. The molecule has 6 nitrogen and oxygen atoms in total. The fourth-order valence-electron chi connectivity index (χ4n) is 3.00. The highest BCUT2D eigenvalue weighted by Gasteiger charge is 2.32. The molecule has 0 heterocycles. The van der Waals surface area contributed by atoms with Crippen molar-refractivity contribution in [1.29, 1.82) is 0 Å².